The van der Waals surface area contributed by atoms with Gasteiger partial charge in [0, 0.05) is 25.6 Å². The van der Waals surface area contributed by atoms with Crippen LogP contribution < -0.4 is 0 Å². The predicted octanol–water partition coefficient (Wildman–Crippen LogP) is 1.84. The molecular weight excluding hydrogens is 316 g/mol. The van der Waals surface area contributed by atoms with Crippen LogP contribution in [0.5, 0.6) is 0 Å². The highest BCUT2D eigenvalue weighted by Crippen LogP contribution is 2.27. The number of carbonyl (C=O) groups excluding carboxylic acids is 2. The molecule has 1 aliphatic heterocycles. The quantitative estimate of drug-likeness (QED) is 0.887. The molecule has 1 aromatic rings. The molecule has 136 valence electrons. The maximum atomic E-state index is 12.6. The molecule has 2 amide bonds. The van der Waals surface area contributed by atoms with Gasteiger partial charge >= 0.3 is 0 Å². The molecular formula is C20H28N2O3. The molecule has 3 rings (SSSR count). The highest BCUT2D eigenvalue weighted by molar-refractivity contribution is 5.86. The lowest BCUT2D eigenvalue weighted by Gasteiger charge is -2.24. The molecule has 0 spiro atoms. The van der Waals surface area contributed by atoms with E-state index in [2.05, 4.69) is 12.1 Å². The summed E-state index contributed by atoms with van der Waals surface area (Å²) in [4.78, 5) is 28.4. The summed E-state index contributed by atoms with van der Waals surface area (Å²) in [6, 6.07) is 10.2. The zero-order valence-electron chi connectivity index (χ0n) is 14.8. The van der Waals surface area contributed by atoms with Gasteiger partial charge < -0.3 is 14.9 Å². The summed E-state index contributed by atoms with van der Waals surface area (Å²) in [6.07, 6.45) is 5.12. The van der Waals surface area contributed by atoms with Crippen LogP contribution in [0.2, 0.25) is 0 Å². The predicted molar refractivity (Wildman–Crippen MR) is 95.9 cm³/mol. The first-order valence-electron chi connectivity index (χ1n) is 9.42. The number of β-amino-alcohol motifs (C(OH)–C–C–N with tert-alkyl or cyclic N) is 1. The number of aliphatic hydroxyl groups is 1. The smallest absolute Gasteiger partial charge is 0.242 e. The van der Waals surface area contributed by atoms with Gasteiger partial charge in [0.15, 0.2) is 0 Å². The number of hydrogen-bond donors (Lipinski definition) is 1. The molecule has 5 heteroatoms. The molecule has 2 fully saturated rings. The minimum Gasteiger partial charge on any atom is -0.389 e. The first-order valence-corrected chi connectivity index (χ1v) is 9.42. The highest BCUT2D eigenvalue weighted by Gasteiger charge is 2.33. The number of benzene rings is 1. The molecule has 1 saturated carbocycles. The van der Waals surface area contributed by atoms with Crippen molar-refractivity contribution in [3.05, 3.63) is 35.9 Å². The average Bonchev–Trinajstić information content (AvgIpc) is 3.10. The van der Waals surface area contributed by atoms with E-state index in [4.69, 9.17) is 0 Å². The van der Waals surface area contributed by atoms with E-state index in [1.807, 2.05) is 18.2 Å². The zero-order chi connectivity index (χ0) is 17.6. The van der Waals surface area contributed by atoms with E-state index in [0.717, 1.165) is 38.5 Å². The maximum Gasteiger partial charge on any atom is 0.242 e. The average molecular weight is 344 g/mol. The number of carbonyl (C=O) groups is 2. The third kappa shape index (κ3) is 4.82. The third-order valence-electron chi connectivity index (χ3n) is 5.29. The second-order valence-electron chi connectivity index (χ2n) is 7.28. The van der Waals surface area contributed by atoms with Crippen molar-refractivity contribution in [3.8, 4) is 0 Å². The number of rotatable bonds is 5. The Morgan fingerprint density at radius 3 is 2.56 bits per heavy atom. The molecule has 1 atom stereocenters. The maximum absolute atomic E-state index is 12.6. The molecule has 25 heavy (non-hydrogen) atoms. The Hall–Kier alpha value is -1.88. The molecule has 0 radical (unpaired) electrons. The van der Waals surface area contributed by atoms with E-state index in [1.54, 1.807) is 9.80 Å². The van der Waals surface area contributed by atoms with Gasteiger partial charge in [0.05, 0.1) is 12.6 Å². The third-order valence-corrected chi connectivity index (χ3v) is 5.29. The Labute approximate surface area is 149 Å². The van der Waals surface area contributed by atoms with E-state index < -0.39 is 6.10 Å². The number of aryl methyl sites for hydroxylation is 1. The van der Waals surface area contributed by atoms with Gasteiger partial charge in [0.2, 0.25) is 11.8 Å². The number of amides is 2. The van der Waals surface area contributed by atoms with Gasteiger partial charge in [-0.15, -0.1) is 0 Å². The first kappa shape index (κ1) is 17.9. The van der Waals surface area contributed by atoms with Crippen LogP contribution in [0.4, 0.5) is 0 Å². The summed E-state index contributed by atoms with van der Waals surface area (Å²) < 4.78 is 0. The lowest BCUT2D eigenvalue weighted by molar-refractivity contribution is -0.141. The molecule has 2 aliphatic rings. The molecule has 1 unspecified atom stereocenters. The molecule has 1 heterocycles. The Bertz CT molecular complexity index is 584. The fourth-order valence-electron chi connectivity index (χ4n) is 3.93. The topological polar surface area (TPSA) is 60.9 Å². The molecule has 1 aromatic carbocycles. The Morgan fingerprint density at radius 2 is 1.84 bits per heavy atom. The minimum atomic E-state index is -0.659. The van der Waals surface area contributed by atoms with Crippen molar-refractivity contribution in [1.29, 1.82) is 0 Å². The fourth-order valence-corrected chi connectivity index (χ4v) is 3.93. The van der Waals surface area contributed by atoms with E-state index in [1.165, 1.54) is 5.56 Å². The molecule has 0 aromatic heterocycles. The van der Waals surface area contributed by atoms with Gasteiger partial charge in [-0.3, -0.25) is 9.59 Å². The Morgan fingerprint density at radius 1 is 1.12 bits per heavy atom. The molecule has 1 N–H and O–H groups in total. The van der Waals surface area contributed by atoms with Gasteiger partial charge in [-0.25, -0.2) is 0 Å². The molecule has 1 aliphatic carbocycles. The molecule has 0 bridgehead atoms. The van der Waals surface area contributed by atoms with E-state index in [0.29, 0.717) is 13.1 Å². The van der Waals surface area contributed by atoms with Crippen molar-refractivity contribution < 1.29 is 14.7 Å². The standard InChI is InChI=1S/C20H28N2O3/c23-18-13-21(12-6-9-16-7-2-1-3-8-16)19(24)15-22(14-18)20(25)17-10-4-5-11-17/h1-3,7-8,17-18,23H,4-6,9-15H2. The summed E-state index contributed by atoms with van der Waals surface area (Å²) in [5.74, 6) is 0.0524. The first-order chi connectivity index (χ1) is 12.1. The molecule has 1 saturated heterocycles. The SMILES string of the molecule is O=C1CN(C(=O)C2CCCC2)CC(O)CN1CCCc1ccccc1. The Balaban J connectivity index is 1.53. The summed E-state index contributed by atoms with van der Waals surface area (Å²) in [5.41, 5.74) is 1.25. The van der Waals surface area contributed by atoms with E-state index in [-0.39, 0.29) is 30.8 Å². The van der Waals surface area contributed by atoms with Crippen molar-refractivity contribution in [2.24, 2.45) is 5.92 Å². The normalized spacial score (nSPS) is 22.3. The van der Waals surface area contributed by atoms with E-state index in [9.17, 15) is 14.7 Å². The van der Waals surface area contributed by atoms with Crippen molar-refractivity contribution in [2.45, 2.75) is 44.6 Å². The lowest BCUT2D eigenvalue weighted by atomic mass is 10.1. The summed E-state index contributed by atoms with van der Waals surface area (Å²) in [7, 11) is 0. The van der Waals surface area contributed by atoms with Crippen LogP contribution in [0.1, 0.15) is 37.7 Å². The van der Waals surface area contributed by atoms with Crippen LogP contribution in [-0.2, 0) is 16.0 Å². The highest BCUT2D eigenvalue weighted by atomic mass is 16.3. The Kier molecular flexibility index (Phi) is 6.08. The summed E-state index contributed by atoms with van der Waals surface area (Å²) >= 11 is 0. The second-order valence-corrected chi connectivity index (χ2v) is 7.28. The number of nitrogens with zero attached hydrogens (tertiary/aromatic N) is 2. The fraction of sp³-hybridized carbons (Fsp3) is 0.600. The second kappa shape index (κ2) is 8.48. The summed E-state index contributed by atoms with van der Waals surface area (Å²) in [6.45, 7) is 1.33. The van der Waals surface area contributed by atoms with Gasteiger partial charge in [0.1, 0.15) is 0 Å². The van der Waals surface area contributed by atoms with Crippen LogP contribution in [0.25, 0.3) is 0 Å². The van der Waals surface area contributed by atoms with Crippen LogP contribution in [0.15, 0.2) is 30.3 Å². The van der Waals surface area contributed by atoms with Crippen LogP contribution in [-0.4, -0.2) is 59.0 Å². The van der Waals surface area contributed by atoms with Crippen molar-refractivity contribution >= 4 is 11.8 Å². The van der Waals surface area contributed by atoms with Gasteiger partial charge in [-0.1, -0.05) is 43.2 Å². The van der Waals surface area contributed by atoms with Crippen LogP contribution >= 0.6 is 0 Å². The van der Waals surface area contributed by atoms with E-state index >= 15 is 0 Å². The van der Waals surface area contributed by atoms with Gasteiger partial charge in [-0.2, -0.15) is 0 Å². The van der Waals surface area contributed by atoms with Crippen molar-refractivity contribution in [1.82, 2.24) is 9.80 Å². The van der Waals surface area contributed by atoms with Crippen LogP contribution in [0.3, 0.4) is 0 Å². The van der Waals surface area contributed by atoms with Crippen molar-refractivity contribution in [3.63, 3.8) is 0 Å². The van der Waals surface area contributed by atoms with Crippen molar-refractivity contribution in [2.75, 3.05) is 26.2 Å². The minimum absolute atomic E-state index is 0.0454. The number of hydrogen-bond acceptors (Lipinski definition) is 3. The lowest BCUT2D eigenvalue weighted by Crippen LogP contribution is -2.42. The van der Waals surface area contributed by atoms with Gasteiger partial charge in [0.25, 0.3) is 0 Å². The monoisotopic (exact) mass is 344 g/mol. The zero-order valence-corrected chi connectivity index (χ0v) is 14.8. The largest absolute Gasteiger partial charge is 0.389 e. The number of aliphatic hydroxyl groups excluding tert-OH is 1. The summed E-state index contributed by atoms with van der Waals surface area (Å²) in [5, 5.41) is 10.3. The van der Waals surface area contributed by atoms with Crippen LogP contribution in [0, 0.1) is 5.92 Å². The molecule has 5 nitrogen and oxygen atoms in total. The van der Waals surface area contributed by atoms with Gasteiger partial charge in [-0.05, 0) is 31.2 Å².